The van der Waals surface area contributed by atoms with Crippen molar-refractivity contribution >= 4 is 41.5 Å². The van der Waals surface area contributed by atoms with Crippen molar-refractivity contribution in [1.82, 2.24) is 10.6 Å². The molecule has 2 rings (SSSR count). The molecule has 1 saturated heterocycles. The number of halogens is 3. The molecule has 3 nitrogen and oxygen atoms in total. The number of hydrogen-bond acceptors (Lipinski definition) is 2. The maximum Gasteiger partial charge on any atom is 0.237 e. The van der Waals surface area contributed by atoms with Crippen LogP contribution < -0.4 is 10.6 Å². The summed E-state index contributed by atoms with van der Waals surface area (Å²) in [5, 5.41) is 7.24. The van der Waals surface area contributed by atoms with E-state index in [0.717, 1.165) is 31.4 Å². The number of nitrogens with one attached hydrogen (secondary N) is 2. The van der Waals surface area contributed by atoms with Crippen LogP contribution in [0, 0.1) is 0 Å². The third kappa shape index (κ3) is 4.26. The second-order valence-corrected chi connectivity index (χ2v) is 5.66. The first-order valence-corrected chi connectivity index (χ1v) is 7.33. The summed E-state index contributed by atoms with van der Waals surface area (Å²) in [6, 6.07) is 5.22. The average molecular weight is 338 g/mol. The van der Waals surface area contributed by atoms with Gasteiger partial charge in [0.05, 0.1) is 22.1 Å². The first-order chi connectivity index (χ1) is 9.09. The van der Waals surface area contributed by atoms with E-state index in [1.165, 1.54) is 0 Å². The lowest BCUT2D eigenvalue weighted by molar-refractivity contribution is -0.124. The SMILES string of the molecule is CC(NC(=O)C1CCCCN1)c1cccc(Cl)c1Cl.Cl. The summed E-state index contributed by atoms with van der Waals surface area (Å²) < 4.78 is 0. The van der Waals surface area contributed by atoms with E-state index in [-0.39, 0.29) is 30.4 Å². The molecule has 1 fully saturated rings. The van der Waals surface area contributed by atoms with Crippen molar-refractivity contribution in [2.24, 2.45) is 0 Å². The Morgan fingerprint density at radius 2 is 2.15 bits per heavy atom. The number of rotatable bonds is 3. The van der Waals surface area contributed by atoms with E-state index in [9.17, 15) is 4.79 Å². The minimum Gasteiger partial charge on any atom is -0.348 e. The Balaban J connectivity index is 0.00000200. The molecule has 2 N–H and O–H groups in total. The minimum absolute atomic E-state index is 0. The van der Waals surface area contributed by atoms with Gasteiger partial charge in [-0.2, -0.15) is 0 Å². The van der Waals surface area contributed by atoms with E-state index >= 15 is 0 Å². The fourth-order valence-corrected chi connectivity index (χ4v) is 2.79. The molecule has 2 atom stereocenters. The molecule has 1 aliphatic rings. The van der Waals surface area contributed by atoms with Gasteiger partial charge in [0.15, 0.2) is 0 Å². The molecular weight excluding hydrogens is 319 g/mol. The lowest BCUT2D eigenvalue weighted by Gasteiger charge is -2.25. The third-order valence-corrected chi connectivity index (χ3v) is 4.27. The summed E-state index contributed by atoms with van der Waals surface area (Å²) >= 11 is 12.1. The van der Waals surface area contributed by atoms with Crippen molar-refractivity contribution in [3.05, 3.63) is 33.8 Å². The molecule has 1 aromatic carbocycles. The highest BCUT2D eigenvalue weighted by Gasteiger charge is 2.22. The molecule has 20 heavy (non-hydrogen) atoms. The molecule has 1 aliphatic heterocycles. The zero-order valence-corrected chi connectivity index (χ0v) is 13.6. The molecule has 2 unspecified atom stereocenters. The summed E-state index contributed by atoms with van der Waals surface area (Å²) in [4.78, 5) is 12.1. The first kappa shape index (κ1) is 17.6. The van der Waals surface area contributed by atoms with Crippen molar-refractivity contribution in [2.45, 2.75) is 38.3 Å². The Morgan fingerprint density at radius 1 is 1.40 bits per heavy atom. The van der Waals surface area contributed by atoms with E-state index in [1.807, 2.05) is 19.1 Å². The average Bonchev–Trinajstić information content (AvgIpc) is 2.42. The molecule has 0 saturated carbocycles. The topological polar surface area (TPSA) is 41.1 Å². The molecule has 112 valence electrons. The molecular formula is C14H19Cl3N2O. The summed E-state index contributed by atoms with van der Waals surface area (Å²) in [5.41, 5.74) is 0.846. The summed E-state index contributed by atoms with van der Waals surface area (Å²) in [7, 11) is 0. The quantitative estimate of drug-likeness (QED) is 0.882. The summed E-state index contributed by atoms with van der Waals surface area (Å²) in [5.74, 6) is 0.0308. The largest absolute Gasteiger partial charge is 0.348 e. The van der Waals surface area contributed by atoms with Gasteiger partial charge in [-0.3, -0.25) is 4.79 Å². The van der Waals surface area contributed by atoms with E-state index in [4.69, 9.17) is 23.2 Å². The van der Waals surface area contributed by atoms with Crippen LogP contribution in [-0.2, 0) is 4.79 Å². The number of amides is 1. The molecule has 1 heterocycles. The van der Waals surface area contributed by atoms with Crippen molar-refractivity contribution in [3.8, 4) is 0 Å². The fourth-order valence-electron chi connectivity index (χ4n) is 2.32. The van der Waals surface area contributed by atoms with Gasteiger partial charge in [0.25, 0.3) is 0 Å². The zero-order chi connectivity index (χ0) is 13.8. The Labute approximate surface area is 135 Å². The number of carbonyl (C=O) groups excluding carboxylic acids is 1. The normalized spacial score (nSPS) is 19.9. The van der Waals surface area contributed by atoms with Crippen molar-refractivity contribution in [2.75, 3.05) is 6.54 Å². The zero-order valence-electron chi connectivity index (χ0n) is 11.3. The third-order valence-electron chi connectivity index (χ3n) is 3.43. The van der Waals surface area contributed by atoms with Gasteiger partial charge in [0.2, 0.25) is 5.91 Å². The van der Waals surface area contributed by atoms with E-state index < -0.39 is 0 Å². The fraction of sp³-hybridized carbons (Fsp3) is 0.500. The molecule has 0 spiro atoms. The van der Waals surface area contributed by atoms with Crippen LogP contribution in [0.1, 0.15) is 37.8 Å². The summed E-state index contributed by atoms with van der Waals surface area (Å²) in [6.45, 7) is 2.82. The Kier molecular flexibility index (Phi) is 7.10. The number of piperidine rings is 1. The van der Waals surface area contributed by atoms with Gasteiger partial charge >= 0.3 is 0 Å². The van der Waals surface area contributed by atoms with Crippen molar-refractivity contribution in [3.63, 3.8) is 0 Å². The monoisotopic (exact) mass is 336 g/mol. The van der Waals surface area contributed by atoms with Crippen LogP contribution in [0.15, 0.2) is 18.2 Å². The Bertz CT molecular complexity index is 462. The first-order valence-electron chi connectivity index (χ1n) is 6.57. The standard InChI is InChI=1S/C14H18Cl2N2O.ClH/c1-9(10-5-4-6-11(15)13(10)16)18-14(19)12-7-2-3-8-17-12;/h4-6,9,12,17H,2-3,7-8H2,1H3,(H,18,19);1H. The molecule has 1 aromatic rings. The lowest BCUT2D eigenvalue weighted by Crippen LogP contribution is -2.47. The summed E-state index contributed by atoms with van der Waals surface area (Å²) in [6.07, 6.45) is 3.12. The van der Waals surface area contributed by atoms with Crippen molar-refractivity contribution < 1.29 is 4.79 Å². The molecule has 6 heteroatoms. The van der Waals surface area contributed by atoms with Gasteiger partial charge in [-0.05, 0) is 37.9 Å². The highest BCUT2D eigenvalue weighted by Crippen LogP contribution is 2.29. The molecule has 0 aliphatic carbocycles. The number of hydrogen-bond donors (Lipinski definition) is 2. The predicted molar refractivity (Wildman–Crippen MR) is 85.9 cm³/mol. The van der Waals surface area contributed by atoms with Crippen LogP contribution in [0.25, 0.3) is 0 Å². The molecule has 0 bridgehead atoms. The van der Waals surface area contributed by atoms with E-state index in [2.05, 4.69) is 10.6 Å². The van der Waals surface area contributed by atoms with Gasteiger partial charge < -0.3 is 10.6 Å². The van der Waals surface area contributed by atoms with Gasteiger partial charge in [-0.1, -0.05) is 41.8 Å². The Morgan fingerprint density at radius 3 is 2.80 bits per heavy atom. The van der Waals surface area contributed by atoms with Crippen LogP contribution in [0.5, 0.6) is 0 Å². The minimum atomic E-state index is -0.151. The maximum absolute atomic E-state index is 12.1. The van der Waals surface area contributed by atoms with E-state index in [1.54, 1.807) is 6.07 Å². The smallest absolute Gasteiger partial charge is 0.237 e. The van der Waals surface area contributed by atoms with Crippen molar-refractivity contribution in [1.29, 1.82) is 0 Å². The highest BCUT2D eigenvalue weighted by molar-refractivity contribution is 6.42. The van der Waals surface area contributed by atoms with E-state index in [0.29, 0.717) is 10.0 Å². The predicted octanol–water partition coefficient (Wildman–Crippen LogP) is 3.73. The number of benzene rings is 1. The second-order valence-electron chi connectivity index (χ2n) is 4.88. The highest BCUT2D eigenvalue weighted by atomic mass is 35.5. The van der Waals surface area contributed by atoms with Crippen LogP contribution in [0.3, 0.4) is 0 Å². The lowest BCUT2D eigenvalue weighted by atomic mass is 10.0. The van der Waals surface area contributed by atoms with Gasteiger partial charge in [-0.15, -0.1) is 12.4 Å². The molecule has 1 amide bonds. The van der Waals surface area contributed by atoms with Gasteiger partial charge in [-0.25, -0.2) is 0 Å². The van der Waals surface area contributed by atoms with Gasteiger partial charge in [0.1, 0.15) is 0 Å². The van der Waals surface area contributed by atoms with Crippen LogP contribution in [0.4, 0.5) is 0 Å². The molecule has 0 aromatic heterocycles. The second kappa shape index (κ2) is 8.08. The van der Waals surface area contributed by atoms with Crippen LogP contribution >= 0.6 is 35.6 Å². The van der Waals surface area contributed by atoms with Crippen LogP contribution in [0.2, 0.25) is 10.0 Å². The number of carbonyl (C=O) groups is 1. The van der Waals surface area contributed by atoms with Crippen LogP contribution in [-0.4, -0.2) is 18.5 Å². The van der Waals surface area contributed by atoms with Gasteiger partial charge in [0, 0.05) is 0 Å². The maximum atomic E-state index is 12.1. The Hall–Kier alpha value is -0.480. The molecule has 0 radical (unpaired) electrons.